The number of carbonyl (C=O) groups is 10. The molecule has 22 N–H and O–H groups in total. The van der Waals surface area contributed by atoms with Gasteiger partial charge in [0, 0.05) is 32.4 Å². The maximum Gasteiger partial charge on any atom is 0.303 e. The largest absolute Gasteiger partial charge is 0.508 e. The number of aromatic hydroxyl groups is 1. The molecule has 0 heterocycles. The normalized spacial score (nSPS) is 14.0. The van der Waals surface area contributed by atoms with E-state index < -0.39 is 139 Å². The summed E-state index contributed by atoms with van der Waals surface area (Å²) in [7, 11) is 0. The van der Waals surface area contributed by atoms with Gasteiger partial charge in [0.25, 0.3) is 0 Å². The van der Waals surface area contributed by atoms with Gasteiger partial charge in [0.15, 0.2) is 11.9 Å². The zero-order valence-corrected chi connectivity index (χ0v) is 44.6. The Hall–Kier alpha value is -8.56. The number of phenolic OH excluding ortho intramolecular Hbond substituents is 1. The quantitative estimate of drug-likeness (QED) is 0.0180. The fourth-order valence-electron chi connectivity index (χ4n) is 7.45. The van der Waals surface area contributed by atoms with Gasteiger partial charge in [0.1, 0.15) is 48.0 Å². The molecule has 0 aliphatic carbocycles. The Morgan fingerprint density at radius 1 is 0.500 bits per heavy atom. The van der Waals surface area contributed by atoms with Gasteiger partial charge in [-0.15, -0.1) is 0 Å². The Morgan fingerprint density at radius 2 is 0.936 bits per heavy atom. The molecule has 0 aromatic heterocycles. The SMILES string of the molecule is CC(C)[C@H](NC(=O)[C@H](CCC(=O)O)NC(=O)[C@H](Cc1ccccc1)NC(=O)[C@@H](C)NC(=O)[C@H](Cc1ccc(O)cc1)NC(=O)[C@H](CCCN=C(N)N)NC(=O)[C@@H](N)CCCN=C(N)N)C(=O)N[C@H](C(=O)NCC(N)=O)C(C)C. The molecule has 0 saturated heterocycles. The average Bonchev–Trinajstić information content (AvgIpc) is 3.37. The van der Waals surface area contributed by atoms with Crippen LogP contribution in [0.4, 0.5) is 0 Å². The van der Waals surface area contributed by atoms with E-state index in [4.69, 9.17) is 34.4 Å². The Morgan fingerprint density at radius 3 is 1.46 bits per heavy atom. The fraction of sp³-hybridized carbons (Fsp3) is 0.520. The molecule has 2 rings (SSSR count). The monoisotopic (exact) mass is 1090 g/mol. The summed E-state index contributed by atoms with van der Waals surface area (Å²) in [5.41, 5.74) is 34.0. The van der Waals surface area contributed by atoms with Crippen molar-refractivity contribution in [1.29, 1.82) is 0 Å². The van der Waals surface area contributed by atoms with E-state index in [9.17, 15) is 58.2 Å². The lowest BCUT2D eigenvalue weighted by molar-refractivity contribution is -0.139. The van der Waals surface area contributed by atoms with Gasteiger partial charge in [-0.2, -0.15) is 0 Å². The Balaban J connectivity index is 2.44. The van der Waals surface area contributed by atoms with Crippen LogP contribution < -0.4 is 76.9 Å². The predicted octanol–water partition coefficient (Wildman–Crippen LogP) is -4.20. The first-order chi connectivity index (χ1) is 36.7. The molecule has 28 nitrogen and oxygen atoms in total. The molecule has 0 aliphatic rings. The third-order valence-corrected chi connectivity index (χ3v) is 11.8. The molecule has 0 spiro atoms. The number of carboxylic acids is 1. The smallest absolute Gasteiger partial charge is 0.303 e. The van der Waals surface area contributed by atoms with E-state index in [1.807, 2.05) is 0 Å². The van der Waals surface area contributed by atoms with Gasteiger partial charge in [0.2, 0.25) is 53.2 Å². The highest BCUT2D eigenvalue weighted by Crippen LogP contribution is 2.14. The molecule has 0 unspecified atom stereocenters. The Labute approximate surface area is 452 Å². The number of nitrogens with one attached hydrogen (secondary N) is 8. The van der Waals surface area contributed by atoms with E-state index in [0.717, 1.165) is 0 Å². The molecule has 78 heavy (non-hydrogen) atoms. The van der Waals surface area contributed by atoms with E-state index >= 15 is 0 Å². The maximum atomic E-state index is 14.3. The van der Waals surface area contributed by atoms with Crippen molar-refractivity contribution in [1.82, 2.24) is 42.5 Å². The first kappa shape index (κ1) is 65.6. The van der Waals surface area contributed by atoms with Crippen molar-refractivity contribution < 1.29 is 58.2 Å². The predicted molar refractivity (Wildman–Crippen MR) is 288 cm³/mol. The third kappa shape index (κ3) is 24.9. The summed E-state index contributed by atoms with van der Waals surface area (Å²) in [6.07, 6.45) is -0.778. The van der Waals surface area contributed by atoms with Crippen molar-refractivity contribution in [3.63, 3.8) is 0 Å². The zero-order chi connectivity index (χ0) is 58.6. The third-order valence-electron chi connectivity index (χ3n) is 11.8. The topological polar surface area (TPSA) is 488 Å². The van der Waals surface area contributed by atoms with Crippen LogP contribution in [0.3, 0.4) is 0 Å². The highest BCUT2D eigenvalue weighted by Gasteiger charge is 2.35. The van der Waals surface area contributed by atoms with Crippen LogP contribution >= 0.6 is 0 Å². The van der Waals surface area contributed by atoms with Crippen molar-refractivity contribution in [3.8, 4) is 5.75 Å². The van der Waals surface area contributed by atoms with Crippen LogP contribution in [0.25, 0.3) is 0 Å². The summed E-state index contributed by atoms with van der Waals surface area (Å²) < 4.78 is 0. The summed E-state index contributed by atoms with van der Waals surface area (Å²) >= 11 is 0. The summed E-state index contributed by atoms with van der Waals surface area (Å²) in [6, 6.07) is 3.36. The molecular weight excluding hydrogens is 1020 g/mol. The highest BCUT2D eigenvalue weighted by atomic mass is 16.4. The minimum atomic E-state index is -1.59. The molecule has 0 radical (unpaired) electrons. The number of carbonyl (C=O) groups excluding carboxylic acids is 9. The van der Waals surface area contributed by atoms with E-state index in [2.05, 4.69) is 52.5 Å². The van der Waals surface area contributed by atoms with Crippen LogP contribution in [0.5, 0.6) is 5.75 Å². The number of primary amides is 1. The second kappa shape index (κ2) is 33.5. The number of nitrogens with two attached hydrogens (primary N) is 6. The lowest BCUT2D eigenvalue weighted by Crippen LogP contribution is -2.61. The van der Waals surface area contributed by atoms with E-state index in [-0.39, 0.29) is 62.9 Å². The lowest BCUT2D eigenvalue weighted by atomic mass is 9.99. The summed E-state index contributed by atoms with van der Waals surface area (Å²) in [5.74, 6) is -10.4. The number of phenols is 1. The number of carboxylic acid groups (broad SMARTS) is 1. The number of amides is 9. The van der Waals surface area contributed by atoms with Gasteiger partial charge in [-0.25, -0.2) is 0 Å². The van der Waals surface area contributed by atoms with Crippen LogP contribution in [0.1, 0.15) is 84.3 Å². The molecule has 2 aromatic carbocycles. The standard InChI is InChI=1S/C50H78N16O12/c1-26(2)39(47(77)59-25-37(52)68)66-48(78)40(27(3)4)65-44(74)34(19-20-38(69)70)62-46(76)36(23-29-11-7-6-8-12-29)63-41(71)28(5)60-45(75)35(24-30-15-17-31(67)18-16-30)64-43(73)33(14-10-22-58-50(55)56)61-42(72)32(51)13-9-21-57-49(53)54/h6-8,11-12,15-18,26-28,32-36,39-40,67H,9-10,13-14,19-25,51H2,1-5H3,(H2,52,68)(H,59,77)(H,60,75)(H,61,72)(H,62,76)(H,63,71)(H,64,73)(H,65,74)(H,66,78)(H,69,70)(H4,53,54,57)(H4,55,56,58)/t28-,32+,33+,34+,35+,36+,39+,40+/m1/s1. The maximum absolute atomic E-state index is 14.3. The molecule has 0 bridgehead atoms. The average molecular weight is 1100 g/mol. The van der Waals surface area contributed by atoms with Gasteiger partial charge in [-0.05, 0) is 74.1 Å². The van der Waals surface area contributed by atoms with Gasteiger partial charge in [-0.3, -0.25) is 57.9 Å². The van der Waals surface area contributed by atoms with Crippen LogP contribution in [0, 0.1) is 11.8 Å². The molecular formula is C50H78N16O12. The Kier molecular flexibility index (Phi) is 28.1. The molecule has 2 aromatic rings. The number of rotatable bonds is 34. The van der Waals surface area contributed by atoms with Crippen LogP contribution in [0.2, 0.25) is 0 Å². The summed E-state index contributed by atoms with van der Waals surface area (Å²) in [4.78, 5) is 141. The molecule has 0 fully saturated rings. The number of benzene rings is 2. The van der Waals surface area contributed by atoms with E-state index in [0.29, 0.717) is 17.5 Å². The number of guanidine groups is 2. The van der Waals surface area contributed by atoms with E-state index in [1.54, 1.807) is 58.0 Å². The van der Waals surface area contributed by atoms with Gasteiger partial charge in [0.05, 0.1) is 12.6 Å². The number of aliphatic carboxylic acids is 1. The summed E-state index contributed by atoms with van der Waals surface area (Å²) in [5, 5.41) is 39.9. The minimum absolute atomic E-state index is 0.0155. The van der Waals surface area contributed by atoms with Crippen LogP contribution in [-0.2, 0) is 60.8 Å². The second-order valence-corrected chi connectivity index (χ2v) is 19.1. The van der Waals surface area contributed by atoms with Crippen molar-refractivity contribution >= 4 is 71.1 Å². The fourth-order valence-corrected chi connectivity index (χ4v) is 7.45. The Bertz CT molecular complexity index is 2410. The van der Waals surface area contributed by atoms with Crippen molar-refractivity contribution in [2.24, 2.45) is 56.2 Å². The molecule has 430 valence electrons. The van der Waals surface area contributed by atoms with Crippen molar-refractivity contribution in [3.05, 3.63) is 65.7 Å². The number of hydrogen-bond acceptors (Lipinski definition) is 14. The first-order valence-electron chi connectivity index (χ1n) is 25.3. The molecule has 8 atom stereocenters. The number of nitrogens with zero attached hydrogens (tertiary/aromatic N) is 2. The zero-order valence-electron chi connectivity index (χ0n) is 44.6. The van der Waals surface area contributed by atoms with Gasteiger partial charge < -0.3 is 87.1 Å². The van der Waals surface area contributed by atoms with E-state index in [1.165, 1.54) is 31.2 Å². The number of hydrogen-bond donors (Lipinski definition) is 16. The van der Waals surface area contributed by atoms with Gasteiger partial charge in [-0.1, -0.05) is 70.2 Å². The molecule has 0 saturated carbocycles. The lowest BCUT2D eigenvalue weighted by Gasteiger charge is -2.29. The van der Waals surface area contributed by atoms with Crippen LogP contribution in [-0.4, -0.2) is 149 Å². The molecule has 9 amide bonds. The van der Waals surface area contributed by atoms with Crippen molar-refractivity contribution in [2.45, 2.75) is 134 Å². The minimum Gasteiger partial charge on any atom is -0.508 e. The van der Waals surface area contributed by atoms with Crippen molar-refractivity contribution in [2.75, 3.05) is 19.6 Å². The van der Waals surface area contributed by atoms with Gasteiger partial charge >= 0.3 is 5.97 Å². The first-order valence-corrected chi connectivity index (χ1v) is 25.3. The second-order valence-electron chi connectivity index (χ2n) is 19.1. The number of aliphatic imine (C=N–C) groups is 2. The molecule has 0 aliphatic heterocycles. The molecule has 28 heteroatoms. The highest BCUT2D eigenvalue weighted by molar-refractivity contribution is 5.98. The summed E-state index contributed by atoms with van der Waals surface area (Å²) in [6.45, 7) is 7.54. The van der Waals surface area contributed by atoms with Crippen LogP contribution in [0.15, 0.2) is 64.6 Å².